The minimum atomic E-state index is -0.00710. The Morgan fingerprint density at radius 3 is 2.65 bits per heavy atom. The smallest absolute Gasteiger partial charge is 0.0613 e. The van der Waals surface area contributed by atoms with Crippen LogP contribution in [0.3, 0.4) is 0 Å². The average Bonchev–Trinajstić information content (AvgIpc) is 2.90. The Balaban J connectivity index is 1.93. The number of aliphatic hydroxyl groups excluding tert-OH is 1. The van der Waals surface area contributed by atoms with Crippen molar-refractivity contribution in [3.63, 3.8) is 0 Å². The van der Waals surface area contributed by atoms with Crippen molar-refractivity contribution in [1.82, 2.24) is 10.2 Å². The lowest BCUT2D eigenvalue weighted by Crippen LogP contribution is -2.49. The van der Waals surface area contributed by atoms with Gasteiger partial charge in [0.25, 0.3) is 0 Å². The molecule has 3 heteroatoms. The van der Waals surface area contributed by atoms with Gasteiger partial charge in [0.1, 0.15) is 0 Å². The summed E-state index contributed by atoms with van der Waals surface area (Å²) in [6, 6.07) is 1.41. The van der Waals surface area contributed by atoms with Crippen molar-refractivity contribution < 1.29 is 5.11 Å². The molecule has 0 amide bonds. The molecule has 2 aliphatic carbocycles. The molecule has 20 heavy (non-hydrogen) atoms. The SMILES string of the molecule is CCCNC1(CO)CCC(N(C)C2CCCCC2C)C1. The van der Waals surface area contributed by atoms with Crippen molar-refractivity contribution in [3.05, 3.63) is 0 Å². The lowest BCUT2D eigenvalue weighted by molar-refractivity contribution is 0.0876. The molecule has 2 rings (SSSR count). The Bertz CT molecular complexity index is 297. The van der Waals surface area contributed by atoms with Gasteiger partial charge in [0.05, 0.1) is 6.61 Å². The fraction of sp³-hybridized carbons (Fsp3) is 1.00. The first kappa shape index (κ1) is 16.3. The van der Waals surface area contributed by atoms with Gasteiger partial charge in [0.15, 0.2) is 0 Å². The highest BCUT2D eigenvalue weighted by atomic mass is 16.3. The molecule has 4 atom stereocenters. The van der Waals surface area contributed by atoms with E-state index in [1.54, 1.807) is 0 Å². The van der Waals surface area contributed by atoms with Gasteiger partial charge in [-0.3, -0.25) is 0 Å². The van der Waals surface area contributed by atoms with Gasteiger partial charge in [-0.25, -0.2) is 0 Å². The van der Waals surface area contributed by atoms with Gasteiger partial charge in [-0.15, -0.1) is 0 Å². The Kier molecular flexibility index (Phi) is 5.88. The topological polar surface area (TPSA) is 35.5 Å². The van der Waals surface area contributed by atoms with Crippen LogP contribution in [0.1, 0.15) is 65.2 Å². The summed E-state index contributed by atoms with van der Waals surface area (Å²) in [5, 5.41) is 13.4. The van der Waals surface area contributed by atoms with Crippen molar-refractivity contribution in [3.8, 4) is 0 Å². The van der Waals surface area contributed by atoms with Gasteiger partial charge in [-0.1, -0.05) is 26.7 Å². The van der Waals surface area contributed by atoms with Crippen LogP contribution in [0.15, 0.2) is 0 Å². The first-order valence-corrected chi connectivity index (χ1v) is 8.69. The monoisotopic (exact) mass is 282 g/mol. The highest BCUT2D eigenvalue weighted by Gasteiger charge is 2.41. The third-order valence-corrected chi connectivity index (χ3v) is 5.80. The number of nitrogens with one attached hydrogen (secondary N) is 1. The van der Waals surface area contributed by atoms with Gasteiger partial charge < -0.3 is 15.3 Å². The molecule has 2 fully saturated rings. The second-order valence-corrected chi connectivity index (χ2v) is 7.26. The van der Waals surface area contributed by atoms with Crippen molar-refractivity contribution in [2.24, 2.45) is 5.92 Å². The Hall–Kier alpha value is -0.120. The quantitative estimate of drug-likeness (QED) is 0.786. The zero-order valence-electron chi connectivity index (χ0n) is 13.7. The van der Waals surface area contributed by atoms with E-state index < -0.39 is 0 Å². The van der Waals surface area contributed by atoms with E-state index in [-0.39, 0.29) is 12.1 Å². The van der Waals surface area contributed by atoms with E-state index in [4.69, 9.17) is 0 Å². The van der Waals surface area contributed by atoms with Crippen LogP contribution in [-0.2, 0) is 0 Å². The zero-order chi connectivity index (χ0) is 14.6. The summed E-state index contributed by atoms with van der Waals surface area (Å²) in [5.41, 5.74) is -0.00710. The molecule has 0 aliphatic heterocycles. The molecule has 4 unspecified atom stereocenters. The third-order valence-electron chi connectivity index (χ3n) is 5.80. The van der Waals surface area contributed by atoms with E-state index >= 15 is 0 Å². The number of hydrogen-bond acceptors (Lipinski definition) is 3. The van der Waals surface area contributed by atoms with Crippen LogP contribution in [0, 0.1) is 5.92 Å². The first-order chi connectivity index (χ1) is 9.62. The second-order valence-electron chi connectivity index (χ2n) is 7.26. The highest BCUT2D eigenvalue weighted by molar-refractivity contribution is 5.00. The Morgan fingerprint density at radius 2 is 2.00 bits per heavy atom. The predicted octanol–water partition coefficient (Wildman–Crippen LogP) is 2.78. The summed E-state index contributed by atoms with van der Waals surface area (Å²) in [6.07, 6.45) is 10.2. The standard InChI is InChI=1S/C17H34N2O/c1-4-11-18-17(13-20)10-9-15(12-17)19(3)16-8-6-5-7-14(16)2/h14-16,18,20H,4-13H2,1-3H3. The molecule has 118 valence electrons. The molecular weight excluding hydrogens is 248 g/mol. The van der Waals surface area contributed by atoms with Gasteiger partial charge in [-0.05, 0) is 58.0 Å². The summed E-state index contributed by atoms with van der Waals surface area (Å²) in [6.45, 7) is 5.93. The first-order valence-electron chi connectivity index (χ1n) is 8.69. The molecule has 0 saturated heterocycles. The van der Waals surface area contributed by atoms with Crippen LogP contribution in [0.4, 0.5) is 0 Å². The fourth-order valence-electron chi connectivity index (χ4n) is 4.37. The minimum Gasteiger partial charge on any atom is -0.394 e. The summed E-state index contributed by atoms with van der Waals surface area (Å²) >= 11 is 0. The van der Waals surface area contributed by atoms with E-state index in [0.717, 1.165) is 37.8 Å². The third kappa shape index (κ3) is 3.55. The number of nitrogens with zero attached hydrogens (tertiary/aromatic N) is 1. The largest absolute Gasteiger partial charge is 0.394 e. The van der Waals surface area contributed by atoms with Crippen LogP contribution in [0.25, 0.3) is 0 Å². The fourth-order valence-corrected chi connectivity index (χ4v) is 4.37. The molecular formula is C17H34N2O. The Labute approximate surface area is 125 Å². The van der Waals surface area contributed by atoms with E-state index in [1.165, 1.54) is 32.1 Å². The van der Waals surface area contributed by atoms with Gasteiger partial charge in [0, 0.05) is 17.6 Å². The molecule has 2 saturated carbocycles. The molecule has 0 aromatic carbocycles. The summed E-state index contributed by atoms with van der Waals surface area (Å²) in [4.78, 5) is 2.65. The van der Waals surface area contributed by atoms with Gasteiger partial charge in [0.2, 0.25) is 0 Å². The molecule has 0 aromatic rings. The van der Waals surface area contributed by atoms with E-state index in [9.17, 15) is 5.11 Å². The maximum atomic E-state index is 9.82. The molecule has 2 aliphatic rings. The Morgan fingerprint density at radius 1 is 1.25 bits per heavy atom. The van der Waals surface area contributed by atoms with E-state index in [1.807, 2.05) is 0 Å². The van der Waals surface area contributed by atoms with Crippen LogP contribution in [0.2, 0.25) is 0 Å². The predicted molar refractivity (Wildman–Crippen MR) is 84.9 cm³/mol. The number of hydrogen-bond donors (Lipinski definition) is 2. The summed E-state index contributed by atoms with van der Waals surface area (Å²) in [5.74, 6) is 0.835. The molecule has 0 heterocycles. The lowest BCUT2D eigenvalue weighted by Gasteiger charge is -2.40. The van der Waals surface area contributed by atoms with Crippen LogP contribution < -0.4 is 5.32 Å². The van der Waals surface area contributed by atoms with Gasteiger partial charge in [-0.2, -0.15) is 0 Å². The van der Waals surface area contributed by atoms with Crippen LogP contribution >= 0.6 is 0 Å². The number of aliphatic hydroxyl groups is 1. The second kappa shape index (κ2) is 7.24. The molecule has 0 aromatic heterocycles. The molecule has 3 nitrogen and oxygen atoms in total. The molecule has 2 N–H and O–H groups in total. The van der Waals surface area contributed by atoms with Crippen LogP contribution in [0.5, 0.6) is 0 Å². The maximum Gasteiger partial charge on any atom is 0.0613 e. The van der Waals surface area contributed by atoms with E-state index in [0.29, 0.717) is 6.04 Å². The molecule has 0 bridgehead atoms. The van der Waals surface area contributed by atoms with Crippen molar-refractivity contribution in [2.45, 2.75) is 82.8 Å². The normalized spacial score (nSPS) is 38.5. The van der Waals surface area contributed by atoms with Gasteiger partial charge >= 0.3 is 0 Å². The lowest BCUT2D eigenvalue weighted by atomic mass is 9.84. The molecule has 0 spiro atoms. The number of rotatable bonds is 6. The maximum absolute atomic E-state index is 9.82. The van der Waals surface area contributed by atoms with Crippen molar-refractivity contribution in [1.29, 1.82) is 0 Å². The van der Waals surface area contributed by atoms with Crippen molar-refractivity contribution >= 4 is 0 Å². The van der Waals surface area contributed by atoms with Crippen LogP contribution in [-0.4, -0.2) is 47.8 Å². The zero-order valence-corrected chi connectivity index (χ0v) is 13.7. The molecule has 0 radical (unpaired) electrons. The average molecular weight is 282 g/mol. The minimum absolute atomic E-state index is 0.00710. The van der Waals surface area contributed by atoms with Crippen molar-refractivity contribution in [2.75, 3.05) is 20.2 Å². The highest BCUT2D eigenvalue weighted by Crippen LogP contribution is 2.36. The summed E-state index contributed by atoms with van der Waals surface area (Å²) in [7, 11) is 2.32. The summed E-state index contributed by atoms with van der Waals surface area (Å²) < 4.78 is 0. The van der Waals surface area contributed by atoms with E-state index in [2.05, 4.69) is 31.1 Å².